The van der Waals surface area contributed by atoms with Crippen molar-refractivity contribution in [2.24, 2.45) is 4.99 Å². The molecule has 0 saturated carbocycles. The molecule has 0 unspecified atom stereocenters. The van der Waals surface area contributed by atoms with Crippen LogP contribution in [0.3, 0.4) is 0 Å². The molecule has 0 bridgehead atoms. The Kier molecular flexibility index (Phi) is 6.46. The molecular weight excluding hydrogens is 426 g/mol. The molecule has 1 aliphatic heterocycles. The molecule has 0 atom stereocenters. The highest BCUT2D eigenvalue weighted by Crippen LogP contribution is 2.40. The first-order valence-electron chi connectivity index (χ1n) is 8.88. The van der Waals surface area contributed by atoms with Crippen LogP contribution >= 0.6 is 11.8 Å². The second-order valence-electron chi connectivity index (χ2n) is 6.09. The van der Waals surface area contributed by atoms with Crippen molar-refractivity contribution in [3.05, 3.63) is 90.6 Å². The summed E-state index contributed by atoms with van der Waals surface area (Å²) < 4.78 is 5.01. The molecule has 0 aliphatic carbocycles. The Balaban J connectivity index is 1.99. The van der Waals surface area contributed by atoms with Crippen molar-refractivity contribution in [2.45, 2.75) is 6.92 Å². The van der Waals surface area contributed by atoms with Crippen LogP contribution in [0.4, 0.5) is 17.1 Å². The number of rotatable bonds is 6. The largest absolute Gasteiger partial charge is 0.506 e. The van der Waals surface area contributed by atoms with E-state index in [1.807, 2.05) is 0 Å². The maximum atomic E-state index is 12.4. The van der Waals surface area contributed by atoms with Gasteiger partial charge in [-0.15, -0.1) is 0 Å². The van der Waals surface area contributed by atoms with Crippen LogP contribution in [0.25, 0.3) is 6.08 Å². The van der Waals surface area contributed by atoms with Crippen molar-refractivity contribution in [1.82, 2.24) is 0 Å². The molecule has 0 aromatic heterocycles. The van der Waals surface area contributed by atoms with Crippen LogP contribution in [0, 0.1) is 20.2 Å². The van der Waals surface area contributed by atoms with Crippen LogP contribution in [-0.4, -0.2) is 32.6 Å². The highest BCUT2D eigenvalue weighted by Gasteiger charge is 2.33. The van der Waals surface area contributed by atoms with E-state index in [9.17, 15) is 30.1 Å². The van der Waals surface area contributed by atoms with Crippen LogP contribution in [0.15, 0.2) is 69.8 Å². The lowest BCUT2D eigenvalue weighted by molar-refractivity contribution is -0.385. The summed E-state index contributed by atoms with van der Waals surface area (Å²) in [4.78, 5) is 37.6. The zero-order chi connectivity index (χ0) is 22.5. The number of non-ortho nitro benzene ring substituents is 2. The summed E-state index contributed by atoms with van der Waals surface area (Å²) in [5, 5.41) is 32.4. The van der Waals surface area contributed by atoms with Gasteiger partial charge >= 0.3 is 5.97 Å². The van der Waals surface area contributed by atoms with Crippen molar-refractivity contribution in [2.75, 3.05) is 6.61 Å². The van der Waals surface area contributed by atoms with Crippen molar-refractivity contribution in [1.29, 1.82) is 0 Å². The van der Waals surface area contributed by atoms with E-state index in [0.29, 0.717) is 16.2 Å². The molecule has 1 aliphatic rings. The number of aliphatic hydroxyl groups is 1. The van der Waals surface area contributed by atoms with Gasteiger partial charge in [0.2, 0.25) is 0 Å². The quantitative estimate of drug-likeness (QED) is 0.386. The van der Waals surface area contributed by atoms with Crippen LogP contribution < -0.4 is 0 Å². The number of aliphatic hydroxyl groups excluding tert-OH is 1. The van der Waals surface area contributed by atoms with E-state index in [-0.39, 0.29) is 34.4 Å². The predicted octanol–water partition coefficient (Wildman–Crippen LogP) is 4.70. The summed E-state index contributed by atoms with van der Waals surface area (Å²) in [6.07, 6.45) is 1.56. The number of carbonyl (C=O) groups is 1. The molecule has 3 rings (SSSR count). The van der Waals surface area contributed by atoms with E-state index >= 15 is 0 Å². The van der Waals surface area contributed by atoms with Gasteiger partial charge in [0.25, 0.3) is 11.4 Å². The number of nitrogens with zero attached hydrogens (tertiary/aromatic N) is 3. The minimum atomic E-state index is -0.764. The van der Waals surface area contributed by atoms with Crippen LogP contribution in [0.5, 0.6) is 0 Å². The summed E-state index contributed by atoms with van der Waals surface area (Å²) in [5.74, 6) is -1.09. The highest BCUT2D eigenvalue weighted by atomic mass is 32.2. The van der Waals surface area contributed by atoms with E-state index in [2.05, 4.69) is 4.99 Å². The van der Waals surface area contributed by atoms with Gasteiger partial charge in [0.05, 0.1) is 27.0 Å². The molecule has 10 nitrogen and oxygen atoms in total. The predicted molar refractivity (Wildman–Crippen MR) is 115 cm³/mol. The molecule has 158 valence electrons. The number of benzene rings is 2. The molecule has 2 aromatic carbocycles. The maximum Gasteiger partial charge on any atom is 0.344 e. The monoisotopic (exact) mass is 441 g/mol. The van der Waals surface area contributed by atoms with Crippen molar-refractivity contribution < 1.29 is 24.5 Å². The topological polar surface area (TPSA) is 145 Å². The molecule has 0 saturated heterocycles. The summed E-state index contributed by atoms with van der Waals surface area (Å²) >= 11 is 1.01. The number of ether oxygens (including phenoxy) is 1. The molecule has 0 spiro atoms. The lowest BCUT2D eigenvalue weighted by Crippen LogP contribution is -2.12. The zero-order valence-corrected chi connectivity index (χ0v) is 16.9. The van der Waals surface area contributed by atoms with Crippen molar-refractivity contribution in [3.8, 4) is 0 Å². The van der Waals surface area contributed by atoms with Gasteiger partial charge in [0, 0.05) is 24.3 Å². The number of esters is 1. The fourth-order valence-electron chi connectivity index (χ4n) is 2.60. The van der Waals surface area contributed by atoms with Gasteiger partial charge in [0.1, 0.15) is 16.4 Å². The first-order valence-corrected chi connectivity index (χ1v) is 9.70. The second-order valence-corrected chi connectivity index (χ2v) is 7.12. The fourth-order valence-corrected chi connectivity index (χ4v) is 3.64. The average Bonchev–Trinajstić information content (AvgIpc) is 3.03. The molecule has 31 heavy (non-hydrogen) atoms. The van der Waals surface area contributed by atoms with E-state index in [1.54, 1.807) is 13.0 Å². The number of hydrogen-bond acceptors (Lipinski definition) is 9. The standard InChI is InChI=1S/C20H15N3O7S/c1-2-30-20(25)17-18(24)16(11-12-3-7-14(8-4-12)22(26)27)31-19(17)21-13-5-9-15(10-6-13)23(28)29/h3-11,24H,2H2,1H3/b16-11-,21-19?. The van der Waals surface area contributed by atoms with Gasteiger partial charge in [-0.05, 0) is 42.8 Å². The Morgan fingerprint density at radius 2 is 1.61 bits per heavy atom. The normalized spacial score (nSPS) is 16.0. The lowest BCUT2D eigenvalue weighted by atomic mass is 10.1. The molecule has 11 heteroatoms. The Morgan fingerprint density at radius 1 is 1.06 bits per heavy atom. The summed E-state index contributed by atoms with van der Waals surface area (Å²) in [6.45, 7) is 1.71. The third-order valence-electron chi connectivity index (χ3n) is 4.06. The lowest BCUT2D eigenvalue weighted by Gasteiger charge is -2.03. The summed E-state index contributed by atoms with van der Waals surface area (Å²) in [6, 6.07) is 11.1. The number of hydrogen-bond donors (Lipinski definition) is 1. The van der Waals surface area contributed by atoms with Gasteiger partial charge in [0.15, 0.2) is 0 Å². The molecule has 2 aromatic rings. The minimum Gasteiger partial charge on any atom is -0.506 e. The molecule has 0 amide bonds. The number of carbonyl (C=O) groups excluding carboxylic acids is 1. The van der Waals surface area contributed by atoms with E-state index in [0.717, 1.165) is 11.8 Å². The summed E-state index contributed by atoms with van der Waals surface area (Å²) in [5.41, 5.74) is 0.608. The Labute approximate surface area is 179 Å². The Morgan fingerprint density at radius 3 is 2.13 bits per heavy atom. The summed E-state index contributed by atoms with van der Waals surface area (Å²) in [7, 11) is 0. The Bertz CT molecular complexity index is 1140. The fraction of sp³-hybridized carbons (Fsp3) is 0.100. The van der Waals surface area contributed by atoms with Gasteiger partial charge in [-0.1, -0.05) is 11.8 Å². The highest BCUT2D eigenvalue weighted by molar-refractivity contribution is 8.18. The second kappa shape index (κ2) is 9.22. The van der Waals surface area contributed by atoms with Gasteiger partial charge in [-0.2, -0.15) is 0 Å². The van der Waals surface area contributed by atoms with E-state index < -0.39 is 15.8 Å². The van der Waals surface area contributed by atoms with Crippen LogP contribution in [0.1, 0.15) is 12.5 Å². The zero-order valence-electron chi connectivity index (χ0n) is 16.0. The van der Waals surface area contributed by atoms with E-state index in [1.165, 1.54) is 48.5 Å². The molecular formula is C20H15N3O7S. The average molecular weight is 441 g/mol. The van der Waals surface area contributed by atoms with E-state index in [4.69, 9.17) is 4.74 Å². The Hall–Kier alpha value is -3.99. The van der Waals surface area contributed by atoms with Gasteiger partial charge in [-0.3, -0.25) is 20.2 Å². The third-order valence-corrected chi connectivity index (χ3v) is 5.08. The third kappa shape index (κ3) is 4.95. The van der Waals surface area contributed by atoms with Gasteiger partial charge in [-0.25, -0.2) is 9.79 Å². The molecule has 0 radical (unpaired) electrons. The number of nitro benzene ring substituents is 2. The van der Waals surface area contributed by atoms with Crippen LogP contribution in [0.2, 0.25) is 0 Å². The SMILES string of the molecule is CCOC(=O)C1=C(O)/C(=C/c2ccc([N+](=O)[O-])cc2)SC1=Nc1ccc([N+](=O)[O-])cc1. The number of thioether (sulfide) groups is 1. The first kappa shape index (κ1) is 21.7. The minimum absolute atomic E-state index is 0.0753. The van der Waals surface area contributed by atoms with Crippen LogP contribution in [-0.2, 0) is 9.53 Å². The van der Waals surface area contributed by atoms with Crippen molar-refractivity contribution >= 4 is 45.9 Å². The molecule has 1 heterocycles. The van der Waals surface area contributed by atoms with Crippen molar-refractivity contribution in [3.63, 3.8) is 0 Å². The molecule has 0 fully saturated rings. The maximum absolute atomic E-state index is 12.4. The number of aliphatic imine (C=N–C) groups is 1. The first-order chi connectivity index (χ1) is 14.8. The van der Waals surface area contributed by atoms with Gasteiger partial charge < -0.3 is 9.84 Å². The number of nitro groups is 2. The smallest absolute Gasteiger partial charge is 0.344 e. The molecule has 1 N–H and O–H groups in total.